The molecule has 0 aliphatic carbocycles. The summed E-state index contributed by atoms with van der Waals surface area (Å²) in [6.45, 7) is 5.22. The maximum atomic E-state index is 14.5. The number of aliphatic hydroxyl groups is 1. The molecule has 1 aliphatic heterocycles. The first-order chi connectivity index (χ1) is 12.0. The highest BCUT2D eigenvalue weighted by atomic mass is 19.1. The van der Waals surface area contributed by atoms with Gasteiger partial charge in [0.15, 0.2) is 0 Å². The Labute approximate surface area is 149 Å². The highest BCUT2D eigenvalue weighted by Crippen LogP contribution is 2.33. The van der Waals surface area contributed by atoms with E-state index >= 15 is 0 Å². The van der Waals surface area contributed by atoms with E-state index in [1.165, 1.54) is 18.9 Å². The first-order valence-corrected chi connectivity index (χ1v) is 8.85. The number of likely N-dealkylation sites (tertiary alicyclic amines) is 1. The van der Waals surface area contributed by atoms with Gasteiger partial charge in [0.1, 0.15) is 11.6 Å². The fraction of sp³-hybridized carbons (Fsp3) is 0.429. The average molecular weight is 343 g/mol. The SMILES string of the molecule is COc1ccc(F)c(-c2ccc(CO)cc2CN2[C@H](C)CC[C@H]2C)c1. The summed E-state index contributed by atoms with van der Waals surface area (Å²) in [6.07, 6.45) is 2.37. The second-order valence-corrected chi connectivity index (χ2v) is 6.94. The van der Waals surface area contributed by atoms with Crippen molar-refractivity contribution in [3.63, 3.8) is 0 Å². The molecule has 0 unspecified atom stereocenters. The molecule has 0 saturated carbocycles. The van der Waals surface area contributed by atoms with E-state index in [1.54, 1.807) is 19.2 Å². The van der Waals surface area contributed by atoms with E-state index in [2.05, 4.69) is 18.7 Å². The van der Waals surface area contributed by atoms with Gasteiger partial charge in [0.2, 0.25) is 0 Å². The Morgan fingerprint density at radius 2 is 1.80 bits per heavy atom. The van der Waals surface area contributed by atoms with Crippen molar-refractivity contribution in [2.75, 3.05) is 7.11 Å². The molecule has 2 aromatic rings. The van der Waals surface area contributed by atoms with Gasteiger partial charge in [-0.2, -0.15) is 0 Å². The number of aliphatic hydroxyl groups excluding tert-OH is 1. The van der Waals surface area contributed by atoms with Gasteiger partial charge in [0.25, 0.3) is 0 Å². The van der Waals surface area contributed by atoms with Crippen LogP contribution in [0.4, 0.5) is 4.39 Å². The molecular weight excluding hydrogens is 317 g/mol. The van der Waals surface area contributed by atoms with Crippen molar-refractivity contribution < 1.29 is 14.2 Å². The lowest BCUT2D eigenvalue weighted by atomic mass is 9.96. The Balaban J connectivity index is 2.05. The zero-order valence-corrected chi connectivity index (χ0v) is 15.1. The van der Waals surface area contributed by atoms with Gasteiger partial charge >= 0.3 is 0 Å². The largest absolute Gasteiger partial charge is 0.497 e. The van der Waals surface area contributed by atoms with Gasteiger partial charge in [0, 0.05) is 24.2 Å². The van der Waals surface area contributed by atoms with Crippen LogP contribution in [0.2, 0.25) is 0 Å². The molecule has 0 aromatic heterocycles. The molecule has 1 heterocycles. The summed E-state index contributed by atoms with van der Waals surface area (Å²) < 4.78 is 19.8. The van der Waals surface area contributed by atoms with E-state index in [1.807, 2.05) is 18.2 Å². The number of nitrogens with zero attached hydrogens (tertiary/aromatic N) is 1. The Kier molecular flexibility index (Phi) is 5.40. The molecule has 0 amide bonds. The lowest BCUT2D eigenvalue weighted by Gasteiger charge is -2.27. The minimum atomic E-state index is -0.263. The van der Waals surface area contributed by atoms with Crippen LogP contribution < -0.4 is 4.74 Å². The molecule has 1 aliphatic rings. The van der Waals surface area contributed by atoms with E-state index < -0.39 is 0 Å². The van der Waals surface area contributed by atoms with Crippen molar-refractivity contribution in [2.24, 2.45) is 0 Å². The summed E-state index contributed by atoms with van der Waals surface area (Å²) in [5.74, 6) is 0.373. The summed E-state index contributed by atoms with van der Waals surface area (Å²) in [7, 11) is 1.58. The molecular formula is C21H26FNO2. The van der Waals surface area contributed by atoms with Crippen molar-refractivity contribution in [3.05, 3.63) is 53.3 Å². The van der Waals surface area contributed by atoms with E-state index in [0.29, 0.717) is 23.4 Å². The Morgan fingerprint density at radius 3 is 2.44 bits per heavy atom. The molecule has 0 spiro atoms. The van der Waals surface area contributed by atoms with Gasteiger partial charge in [-0.15, -0.1) is 0 Å². The minimum absolute atomic E-state index is 0.0149. The summed E-state index contributed by atoms with van der Waals surface area (Å²) in [5, 5.41) is 9.52. The van der Waals surface area contributed by atoms with Crippen LogP contribution in [0.25, 0.3) is 11.1 Å². The third-order valence-electron chi connectivity index (χ3n) is 5.30. The molecule has 4 heteroatoms. The number of ether oxygens (including phenoxy) is 1. The lowest BCUT2D eigenvalue weighted by molar-refractivity contribution is 0.205. The maximum Gasteiger partial charge on any atom is 0.131 e. The number of hydrogen-bond acceptors (Lipinski definition) is 3. The first-order valence-electron chi connectivity index (χ1n) is 8.85. The third kappa shape index (κ3) is 3.70. The molecule has 2 aromatic carbocycles. The summed E-state index contributed by atoms with van der Waals surface area (Å²) in [6, 6.07) is 11.6. The van der Waals surface area contributed by atoms with Crippen LogP contribution in [0.5, 0.6) is 5.75 Å². The molecule has 0 radical (unpaired) electrons. The van der Waals surface area contributed by atoms with Gasteiger partial charge in [-0.05, 0) is 61.6 Å². The predicted octanol–water partition coefficient (Wildman–Crippen LogP) is 4.37. The molecule has 0 bridgehead atoms. The van der Waals surface area contributed by atoms with Gasteiger partial charge in [-0.3, -0.25) is 4.90 Å². The molecule has 3 rings (SSSR count). The summed E-state index contributed by atoms with van der Waals surface area (Å²) in [4.78, 5) is 2.46. The molecule has 1 saturated heterocycles. The zero-order chi connectivity index (χ0) is 18.0. The predicted molar refractivity (Wildman–Crippen MR) is 98.0 cm³/mol. The van der Waals surface area contributed by atoms with Crippen LogP contribution >= 0.6 is 0 Å². The first kappa shape index (κ1) is 17.9. The minimum Gasteiger partial charge on any atom is -0.497 e. The topological polar surface area (TPSA) is 32.7 Å². The van der Waals surface area contributed by atoms with Gasteiger partial charge in [0.05, 0.1) is 13.7 Å². The monoisotopic (exact) mass is 343 g/mol. The second kappa shape index (κ2) is 7.54. The highest BCUT2D eigenvalue weighted by Gasteiger charge is 2.28. The van der Waals surface area contributed by atoms with Crippen molar-refractivity contribution >= 4 is 0 Å². The van der Waals surface area contributed by atoms with E-state index in [4.69, 9.17) is 4.74 Å². The average Bonchev–Trinajstić information content (AvgIpc) is 2.94. The van der Waals surface area contributed by atoms with Gasteiger partial charge < -0.3 is 9.84 Å². The molecule has 1 N–H and O–H groups in total. The number of halogens is 1. The fourth-order valence-corrected chi connectivity index (χ4v) is 3.73. The Bertz CT molecular complexity index is 737. The normalized spacial score (nSPS) is 20.8. The molecule has 134 valence electrons. The van der Waals surface area contributed by atoms with Crippen LogP contribution in [-0.2, 0) is 13.2 Å². The van der Waals surface area contributed by atoms with Gasteiger partial charge in [-0.25, -0.2) is 4.39 Å². The van der Waals surface area contributed by atoms with Crippen LogP contribution in [-0.4, -0.2) is 29.2 Å². The Morgan fingerprint density at radius 1 is 1.08 bits per heavy atom. The van der Waals surface area contributed by atoms with Crippen molar-refractivity contribution in [2.45, 2.75) is 51.9 Å². The van der Waals surface area contributed by atoms with E-state index in [9.17, 15) is 9.50 Å². The lowest BCUT2D eigenvalue weighted by Crippen LogP contribution is -2.32. The number of hydrogen-bond donors (Lipinski definition) is 1. The van der Waals surface area contributed by atoms with Crippen molar-refractivity contribution in [1.82, 2.24) is 4.90 Å². The van der Waals surface area contributed by atoms with Crippen LogP contribution in [0, 0.1) is 5.82 Å². The number of methoxy groups -OCH3 is 1. The van der Waals surface area contributed by atoms with E-state index in [0.717, 1.165) is 23.2 Å². The third-order valence-corrected chi connectivity index (χ3v) is 5.30. The molecule has 25 heavy (non-hydrogen) atoms. The van der Waals surface area contributed by atoms with Crippen LogP contribution in [0.1, 0.15) is 37.8 Å². The summed E-state index contributed by atoms with van der Waals surface area (Å²) in [5.41, 5.74) is 3.29. The van der Waals surface area contributed by atoms with Gasteiger partial charge in [-0.1, -0.05) is 18.2 Å². The summed E-state index contributed by atoms with van der Waals surface area (Å²) >= 11 is 0. The molecule has 2 atom stereocenters. The van der Waals surface area contributed by atoms with E-state index in [-0.39, 0.29) is 12.4 Å². The van der Waals surface area contributed by atoms with Crippen molar-refractivity contribution in [3.8, 4) is 16.9 Å². The highest BCUT2D eigenvalue weighted by molar-refractivity contribution is 5.70. The number of rotatable bonds is 5. The van der Waals surface area contributed by atoms with Crippen LogP contribution in [0.15, 0.2) is 36.4 Å². The maximum absolute atomic E-state index is 14.5. The zero-order valence-electron chi connectivity index (χ0n) is 15.1. The number of benzene rings is 2. The van der Waals surface area contributed by atoms with Crippen LogP contribution in [0.3, 0.4) is 0 Å². The standard InChI is InChI=1S/C21H26FNO2/c1-14-4-5-15(2)23(14)12-17-10-16(13-24)6-8-19(17)20-11-18(25-3)7-9-21(20)22/h6-11,14-15,24H,4-5,12-13H2,1-3H3/t14-,15-/m1/s1. The molecule has 3 nitrogen and oxygen atoms in total. The Hall–Kier alpha value is -1.91. The smallest absolute Gasteiger partial charge is 0.131 e. The second-order valence-electron chi connectivity index (χ2n) is 6.94. The fourth-order valence-electron chi connectivity index (χ4n) is 3.73. The quantitative estimate of drug-likeness (QED) is 0.875. The van der Waals surface area contributed by atoms with Crippen molar-refractivity contribution in [1.29, 1.82) is 0 Å². The molecule has 1 fully saturated rings.